The summed E-state index contributed by atoms with van der Waals surface area (Å²) in [5, 5.41) is 4.71. The highest BCUT2D eigenvalue weighted by Gasteiger charge is 2.36. The van der Waals surface area contributed by atoms with Gasteiger partial charge in [0.05, 0.1) is 5.52 Å². The Morgan fingerprint density at radius 1 is 0.415 bits per heavy atom. The topological polar surface area (TPSA) is 28.9 Å². The molecule has 0 bridgehead atoms. The van der Waals surface area contributed by atoms with Gasteiger partial charge in [0, 0.05) is 43.6 Å². The van der Waals surface area contributed by atoms with Crippen LogP contribution in [0.4, 0.5) is 0 Å². The number of aromatic nitrogens is 1. The van der Waals surface area contributed by atoms with Gasteiger partial charge in [-0.1, -0.05) is 153 Å². The summed E-state index contributed by atoms with van der Waals surface area (Å²) in [7, 11) is 0. The first-order chi connectivity index (χ1) is 26.0. The Labute approximate surface area is 308 Å². The summed E-state index contributed by atoms with van der Waals surface area (Å²) in [6.07, 6.45) is 0. The molecule has 8 aromatic carbocycles. The molecular formula is C51H35NO. The van der Waals surface area contributed by atoms with Crippen molar-refractivity contribution in [1.82, 2.24) is 4.98 Å². The predicted molar refractivity (Wildman–Crippen MR) is 222 cm³/mol. The summed E-state index contributed by atoms with van der Waals surface area (Å²) in [4.78, 5) is 3.79. The largest absolute Gasteiger partial charge is 0.455 e. The van der Waals surface area contributed by atoms with E-state index in [0.717, 1.165) is 44.1 Å². The average Bonchev–Trinajstić information content (AvgIpc) is 3.85. The summed E-state index contributed by atoms with van der Waals surface area (Å²) < 4.78 is 6.41. The summed E-state index contributed by atoms with van der Waals surface area (Å²) in [6.45, 7) is 4.69. The molecule has 0 atom stereocenters. The van der Waals surface area contributed by atoms with E-state index >= 15 is 0 Å². The van der Waals surface area contributed by atoms with E-state index in [1.807, 2.05) is 12.1 Å². The molecule has 10 aromatic rings. The lowest BCUT2D eigenvalue weighted by Crippen LogP contribution is -2.14. The Morgan fingerprint density at radius 3 is 1.85 bits per heavy atom. The molecule has 2 aromatic heterocycles. The lowest BCUT2D eigenvalue weighted by molar-refractivity contribution is 0.660. The number of nitrogens with one attached hydrogen (secondary N) is 1. The van der Waals surface area contributed by atoms with E-state index in [2.05, 4.69) is 177 Å². The summed E-state index contributed by atoms with van der Waals surface area (Å²) in [5.41, 5.74) is 19.2. The first-order valence-electron chi connectivity index (χ1n) is 18.4. The summed E-state index contributed by atoms with van der Waals surface area (Å²) in [6, 6.07) is 61.8. The molecule has 1 N–H and O–H groups in total. The Bertz CT molecular complexity index is 3100. The van der Waals surface area contributed by atoms with Crippen LogP contribution in [0.15, 0.2) is 174 Å². The molecular weight excluding hydrogens is 643 g/mol. The van der Waals surface area contributed by atoms with Gasteiger partial charge in [-0.25, -0.2) is 0 Å². The molecule has 0 saturated heterocycles. The smallest absolute Gasteiger partial charge is 0.143 e. The highest BCUT2D eigenvalue weighted by atomic mass is 16.3. The molecule has 1 aliphatic carbocycles. The third-order valence-corrected chi connectivity index (χ3v) is 11.6. The molecule has 0 radical (unpaired) electrons. The highest BCUT2D eigenvalue weighted by molar-refractivity contribution is 6.14. The van der Waals surface area contributed by atoms with E-state index in [1.54, 1.807) is 0 Å². The van der Waals surface area contributed by atoms with Crippen LogP contribution in [0.5, 0.6) is 0 Å². The maximum absolute atomic E-state index is 6.41. The molecule has 0 amide bonds. The maximum atomic E-state index is 6.41. The van der Waals surface area contributed by atoms with Gasteiger partial charge in [0.1, 0.15) is 11.2 Å². The average molecular weight is 678 g/mol. The number of fused-ring (bicyclic) bond motifs is 9. The van der Waals surface area contributed by atoms with Gasteiger partial charge in [-0.2, -0.15) is 0 Å². The molecule has 0 spiro atoms. The Hall–Kier alpha value is -6.64. The molecule has 0 unspecified atom stereocenters. The zero-order valence-corrected chi connectivity index (χ0v) is 29.6. The number of benzene rings is 8. The van der Waals surface area contributed by atoms with E-state index in [-0.39, 0.29) is 5.41 Å². The van der Waals surface area contributed by atoms with Crippen LogP contribution in [0.25, 0.3) is 99.4 Å². The van der Waals surface area contributed by atoms with Crippen molar-refractivity contribution in [1.29, 1.82) is 0 Å². The molecule has 11 rings (SSSR count). The minimum atomic E-state index is -0.0261. The first kappa shape index (κ1) is 30.0. The fraction of sp³-hybridized carbons (Fsp3) is 0.0588. The van der Waals surface area contributed by atoms with Crippen molar-refractivity contribution in [2.45, 2.75) is 19.3 Å². The van der Waals surface area contributed by atoms with E-state index in [1.165, 1.54) is 66.4 Å². The molecule has 2 heterocycles. The van der Waals surface area contributed by atoms with Gasteiger partial charge in [-0.15, -0.1) is 0 Å². The van der Waals surface area contributed by atoms with Crippen molar-refractivity contribution in [3.8, 4) is 55.6 Å². The van der Waals surface area contributed by atoms with Crippen LogP contribution in [-0.4, -0.2) is 4.98 Å². The van der Waals surface area contributed by atoms with Crippen molar-refractivity contribution in [2.24, 2.45) is 0 Å². The standard InChI is InChI=1S/C51H35NO/c1-51(2)44-23-5-3-17-42(44)48-36(18-11-24-45(48)51)33-14-7-12-31(28-33)32-13-8-15-34(29-32)37-19-9-21-40-43-30-35(26-27-46(43)52-49(37)40)38-20-10-22-41-39-16-4-6-25-47(39)53-50(38)41/h3-30,52H,1-2H3. The molecule has 0 aliphatic heterocycles. The van der Waals surface area contributed by atoms with Gasteiger partial charge in [0.2, 0.25) is 0 Å². The first-order valence-corrected chi connectivity index (χ1v) is 18.4. The van der Waals surface area contributed by atoms with Gasteiger partial charge in [0.25, 0.3) is 0 Å². The predicted octanol–water partition coefficient (Wildman–Crippen LogP) is 14.2. The maximum Gasteiger partial charge on any atom is 0.143 e. The summed E-state index contributed by atoms with van der Waals surface area (Å²) >= 11 is 0. The molecule has 1 aliphatic rings. The second-order valence-electron chi connectivity index (χ2n) is 15.0. The van der Waals surface area contributed by atoms with Crippen molar-refractivity contribution < 1.29 is 4.42 Å². The van der Waals surface area contributed by atoms with Crippen molar-refractivity contribution in [3.05, 3.63) is 181 Å². The second-order valence-corrected chi connectivity index (χ2v) is 15.0. The van der Waals surface area contributed by atoms with Gasteiger partial charge in [0.15, 0.2) is 0 Å². The van der Waals surface area contributed by atoms with Crippen molar-refractivity contribution in [2.75, 3.05) is 0 Å². The van der Waals surface area contributed by atoms with Crippen LogP contribution in [-0.2, 0) is 5.41 Å². The number of aromatic amines is 1. The van der Waals surface area contributed by atoms with Gasteiger partial charge in [-0.05, 0) is 86.0 Å². The van der Waals surface area contributed by atoms with E-state index in [9.17, 15) is 0 Å². The third-order valence-electron chi connectivity index (χ3n) is 11.6. The van der Waals surface area contributed by atoms with E-state index in [0.29, 0.717) is 0 Å². The lowest BCUT2D eigenvalue weighted by atomic mass is 9.82. The third kappa shape index (κ3) is 4.45. The van der Waals surface area contributed by atoms with Crippen LogP contribution in [0.3, 0.4) is 0 Å². The highest BCUT2D eigenvalue weighted by Crippen LogP contribution is 2.52. The normalized spacial score (nSPS) is 13.2. The fourth-order valence-electron chi connectivity index (χ4n) is 9.03. The zero-order chi connectivity index (χ0) is 35.3. The van der Waals surface area contributed by atoms with Gasteiger partial charge >= 0.3 is 0 Å². The van der Waals surface area contributed by atoms with E-state index < -0.39 is 0 Å². The SMILES string of the molecule is CC1(C)c2ccccc2-c2c(-c3cccc(-c4cccc(-c5cccc6c5[nH]c5ccc(-c7cccc8c7oc7ccccc78)cc56)c4)c3)cccc21. The van der Waals surface area contributed by atoms with Crippen LogP contribution in [0.2, 0.25) is 0 Å². The van der Waals surface area contributed by atoms with Crippen LogP contribution < -0.4 is 0 Å². The number of hydrogen-bond donors (Lipinski definition) is 1. The number of rotatable bonds is 4. The lowest BCUT2D eigenvalue weighted by Gasteiger charge is -2.21. The van der Waals surface area contributed by atoms with Crippen LogP contribution in [0, 0.1) is 0 Å². The van der Waals surface area contributed by atoms with Crippen molar-refractivity contribution >= 4 is 43.7 Å². The van der Waals surface area contributed by atoms with Crippen LogP contribution >= 0.6 is 0 Å². The molecule has 250 valence electrons. The number of furan rings is 1. The molecule has 2 nitrogen and oxygen atoms in total. The Morgan fingerprint density at radius 2 is 1.00 bits per heavy atom. The number of para-hydroxylation sites is 3. The van der Waals surface area contributed by atoms with Crippen LogP contribution in [0.1, 0.15) is 25.0 Å². The molecule has 2 heteroatoms. The monoisotopic (exact) mass is 677 g/mol. The quantitative estimate of drug-likeness (QED) is 0.197. The summed E-state index contributed by atoms with van der Waals surface area (Å²) in [5.74, 6) is 0. The molecule has 0 saturated carbocycles. The molecule has 53 heavy (non-hydrogen) atoms. The molecule has 0 fully saturated rings. The second kappa shape index (κ2) is 11.2. The zero-order valence-electron chi connectivity index (χ0n) is 29.6. The van der Waals surface area contributed by atoms with Gasteiger partial charge < -0.3 is 9.40 Å². The fourth-order valence-corrected chi connectivity index (χ4v) is 9.03. The number of hydrogen-bond acceptors (Lipinski definition) is 1. The van der Waals surface area contributed by atoms with Gasteiger partial charge in [-0.3, -0.25) is 0 Å². The minimum absolute atomic E-state index is 0.0261. The van der Waals surface area contributed by atoms with E-state index in [4.69, 9.17) is 4.42 Å². The number of H-pyrrole nitrogens is 1. The Balaban J connectivity index is 0.996. The minimum Gasteiger partial charge on any atom is -0.455 e. The van der Waals surface area contributed by atoms with Crippen molar-refractivity contribution in [3.63, 3.8) is 0 Å². The Kier molecular flexibility index (Phi) is 6.33.